The summed E-state index contributed by atoms with van der Waals surface area (Å²) >= 11 is 0.888. The molecule has 8 heteroatoms. The van der Waals surface area contributed by atoms with E-state index in [0.717, 1.165) is 17.4 Å². The quantitative estimate of drug-likeness (QED) is 0.770. The molecule has 1 heterocycles. The maximum Gasteiger partial charge on any atom is 0.345 e. The second-order valence-electron chi connectivity index (χ2n) is 4.58. The molecule has 1 aliphatic rings. The maximum absolute atomic E-state index is 12.1. The first-order valence-corrected chi connectivity index (χ1v) is 8.27. The number of hydrogen-bond donors (Lipinski definition) is 3. The summed E-state index contributed by atoms with van der Waals surface area (Å²) in [5.41, 5.74) is 0. The summed E-state index contributed by atoms with van der Waals surface area (Å²) in [7, 11) is -3.67. The van der Waals surface area contributed by atoms with E-state index in [0.29, 0.717) is 25.7 Å². The van der Waals surface area contributed by atoms with Crippen LogP contribution in [0, 0.1) is 0 Å². The summed E-state index contributed by atoms with van der Waals surface area (Å²) in [5.74, 6) is -1.13. The van der Waals surface area contributed by atoms with E-state index in [1.807, 2.05) is 0 Å². The van der Waals surface area contributed by atoms with Crippen molar-refractivity contribution in [3.05, 3.63) is 16.3 Å². The number of carbonyl (C=O) groups is 1. The van der Waals surface area contributed by atoms with Crippen LogP contribution in [0.3, 0.4) is 0 Å². The van der Waals surface area contributed by atoms with Gasteiger partial charge in [-0.15, -0.1) is 11.3 Å². The monoisotopic (exact) mass is 305 g/mol. The van der Waals surface area contributed by atoms with Gasteiger partial charge in [0.2, 0.25) is 10.0 Å². The van der Waals surface area contributed by atoms with E-state index in [2.05, 4.69) is 4.72 Å². The first kappa shape index (κ1) is 14.4. The van der Waals surface area contributed by atoms with Gasteiger partial charge in [0.25, 0.3) is 0 Å². The molecular formula is C11H15NO5S2. The third kappa shape index (κ3) is 3.53. The minimum Gasteiger partial charge on any atom is -0.477 e. The average molecular weight is 305 g/mol. The Balaban J connectivity index is 2.07. The number of rotatable bonds is 4. The van der Waals surface area contributed by atoms with E-state index in [4.69, 9.17) is 5.11 Å². The largest absolute Gasteiger partial charge is 0.477 e. The molecular weight excluding hydrogens is 290 g/mol. The molecule has 0 atom stereocenters. The molecule has 1 aromatic heterocycles. The Kier molecular flexibility index (Phi) is 4.24. The third-order valence-corrected chi connectivity index (χ3v) is 5.68. The first-order chi connectivity index (χ1) is 8.88. The van der Waals surface area contributed by atoms with E-state index in [1.165, 1.54) is 5.38 Å². The van der Waals surface area contributed by atoms with Gasteiger partial charge < -0.3 is 10.2 Å². The molecule has 0 unspecified atom stereocenters. The van der Waals surface area contributed by atoms with Crippen molar-refractivity contribution in [2.75, 3.05) is 0 Å². The molecule has 1 aromatic rings. The van der Waals surface area contributed by atoms with Crippen LogP contribution in [0.1, 0.15) is 35.4 Å². The summed E-state index contributed by atoms with van der Waals surface area (Å²) in [6.07, 6.45) is 2.00. The zero-order valence-electron chi connectivity index (χ0n) is 10.1. The Morgan fingerprint density at radius 2 is 1.95 bits per heavy atom. The molecule has 0 saturated heterocycles. The van der Waals surface area contributed by atoms with Crippen molar-refractivity contribution >= 4 is 27.3 Å². The predicted octanol–water partition coefficient (Wildman–Crippen LogP) is 1.03. The molecule has 2 rings (SSSR count). The number of aromatic carboxylic acids is 1. The van der Waals surface area contributed by atoms with Gasteiger partial charge in [0.15, 0.2) is 0 Å². The van der Waals surface area contributed by atoms with Gasteiger partial charge >= 0.3 is 5.97 Å². The van der Waals surface area contributed by atoms with Crippen molar-refractivity contribution in [3.63, 3.8) is 0 Å². The summed E-state index contributed by atoms with van der Waals surface area (Å²) in [5, 5.41) is 19.5. The fourth-order valence-corrected chi connectivity index (χ4v) is 4.47. The van der Waals surface area contributed by atoms with Gasteiger partial charge in [-0.2, -0.15) is 0 Å². The second kappa shape index (κ2) is 5.58. The number of sulfonamides is 1. The topological polar surface area (TPSA) is 104 Å². The molecule has 1 saturated carbocycles. The van der Waals surface area contributed by atoms with Gasteiger partial charge in [0.1, 0.15) is 4.88 Å². The molecule has 1 aliphatic carbocycles. The molecule has 0 radical (unpaired) electrons. The van der Waals surface area contributed by atoms with Crippen molar-refractivity contribution in [2.24, 2.45) is 0 Å². The van der Waals surface area contributed by atoms with Gasteiger partial charge in [0.05, 0.1) is 11.0 Å². The van der Waals surface area contributed by atoms with Crippen molar-refractivity contribution in [2.45, 2.75) is 42.7 Å². The molecule has 0 spiro atoms. The number of thiophene rings is 1. The zero-order chi connectivity index (χ0) is 14.0. The summed E-state index contributed by atoms with van der Waals surface area (Å²) in [6.45, 7) is 0. The van der Waals surface area contributed by atoms with Crippen LogP contribution in [0.25, 0.3) is 0 Å². The lowest BCUT2D eigenvalue weighted by atomic mass is 9.94. The van der Waals surface area contributed by atoms with Crippen LogP contribution in [0.5, 0.6) is 0 Å². The Bertz CT molecular complexity index is 557. The van der Waals surface area contributed by atoms with E-state index >= 15 is 0 Å². The number of aliphatic hydroxyl groups excluding tert-OH is 1. The van der Waals surface area contributed by atoms with Crippen molar-refractivity contribution in [3.8, 4) is 0 Å². The van der Waals surface area contributed by atoms with E-state index < -0.39 is 16.0 Å². The number of nitrogens with one attached hydrogen (secondary N) is 1. The molecule has 0 amide bonds. The highest BCUT2D eigenvalue weighted by molar-refractivity contribution is 7.89. The summed E-state index contributed by atoms with van der Waals surface area (Å²) in [6, 6.07) is 0.967. The van der Waals surface area contributed by atoms with Crippen LogP contribution < -0.4 is 4.72 Å². The zero-order valence-corrected chi connectivity index (χ0v) is 11.7. The fraction of sp³-hybridized carbons (Fsp3) is 0.545. The maximum atomic E-state index is 12.1. The Morgan fingerprint density at radius 3 is 2.47 bits per heavy atom. The summed E-state index contributed by atoms with van der Waals surface area (Å²) in [4.78, 5) is 10.7. The predicted molar refractivity (Wildman–Crippen MR) is 69.9 cm³/mol. The highest BCUT2D eigenvalue weighted by Gasteiger charge is 2.26. The van der Waals surface area contributed by atoms with Gasteiger partial charge in [-0.3, -0.25) is 0 Å². The normalized spacial score (nSPS) is 24.3. The minimum absolute atomic E-state index is 0.000517. The molecule has 0 bridgehead atoms. The van der Waals surface area contributed by atoms with Gasteiger partial charge in [0, 0.05) is 11.4 Å². The highest BCUT2D eigenvalue weighted by atomic mass is 32.2. The molecule has 0 aliphatic heterocycles. The number of hydrogen-bond acceptors (Lipinski definition) is 5. The van der Waals surface area contributed by atoms with Crippen molar-refractivity contribution < 1.29 is 23.4 Å². The first-order valence-electron chi connectivity index (χ1n) is 5.91. The van der Waals surface area contributed by atoms with Gasteiger partial charge in [-0.1, -0.05) is 0 Å². The van der Waals surface area contributed by atoms with E-state index in [9.17, 15) is 18.3 Å². The van der Waals surface area contributed by atoms with E-state index in [1.54, 1.807) is 0 Å². The fourth-order valence-electron chi connectivity index (χ4n) is 2.05. The average Bonchev–Trinajstić information content (AvgIpc) is 2.82. The smallest absolute Gasteiger partial charge is 0.345 e. The molecule has 1 fully saturated rings. The lowest BCUT2D eigenvalue weighted by molar-refractivity contribution is 0.0702. The minimum atomic E-state index is -3.67. The number of carboxylic acid groups (broad SMARTS) is 1. The van der Waals surface area contributed by atoms with Crippen LogP contribution in [-0.4, -0.2) is 36.7 Å². The van der Waals surface area contributed by atoms with Crippen LogP contribution in [0.15, 0.2) is 16.3 Å². The number of aliphatic hydroxyl groups is 1. The van der Waals surface area contributed by atoms with Crippen molar-refractivity contribution in [1.82, 2.24) is 4.72 Å². The lowest BCUT2D eigenvalue weighted by Crippen LogP contribution is -2.38. The van der Waals surface area contributed by atoms with Crippen LogP contribution >= 0.6 is 11.3 Å². The van der Waals surface area contributed by atoms with Crippen LogP contribution in [0.4, 0.5) is 0 Å². The third-order valence-electron chi connectivity index (χ3n) is 3.12. The van der Waals surface area contributed by atoms with E-state index in [-0.39, 0.29) is 21.9 Å². The molecule has 3 N–H and O–H groups in total. The SMILES string of the molecule is O=C(O)c1cc(S(=O)(=O)NC2CCC(O)CC2)cs1. The highest BCUT2D eigenvalue weighted by Crippen LogP contribution is 2.23. The molecule has 6 nitrogen and oxygen atoms in total. The van der Waals surface area contributed by atoms with Gasteiger partial charge in [-0.05, 0) is 31.7 Å². The summed E-state index contributed by atoms with van der Waals surface area (Å²) < 4.78 is 26.7. The molecule has 0 aromatic carbocycles. The number of carboxylic acids is 1. The van der Waals surface area contributed by atoms with Crippen molar-refractivity contribution in [1.29, 1.82) is 0 Å². The second-order valence-corrected chi connectivity index (χ2v) is 7.20. The lowest BCUT2D eigenvalue weighted by Gasteiger charge is -2.25. The standard InChI is InChI=1S/C11H15NO5S2/c13-8-3-1-7(2-4-8)12-19(16,17)9-5-10(11(14)15)18-6-9/h5-8,12-13H,1-4H2,(H,14,15). The molecule has 19 heavy (non-hydrogen) atoms. The Hall–Kier alpha value is -0.960. The Morgan fingerprint density at radius 1 is 1.32 bits per heavy atom. The van der Waals surface area contributed by atoms with Gasteiger partial charge in [-0.25, -0.2) is 17.9 Å². The van der Waals surface area contributed by atoms with Crippen LogP contribution in [0.2, 0.25) is 0 Å². The van der Waals surface area contributed by atoms with Crippen LogP contribution in [-0.2, 0) is 10.0 Å². The Labute approximate surface area is 115 Å². The molecule has 106 valence electrons.